The molecule has 0 aliphatic rings. The van der Waals surface area contributed by atoms with Gasteiger partial charge in [-0.2, -0.15) is 0 Å². The largest absolute Gasteiger partial charge is 0.338 e. The van der Waals surface area contributed by atoms with Crippen molar-refractivity contribution in [2.45, 2.75) is 39.2 Å². The van der Waals surface area contributed by atoms with Gasteiger partial charge < -0.3 is 16.4 Å². The van der Waals surface area contributed by atoms with Crippen LogP contribution < -0.4 is 16.4 Å². The molecule has 1 atom stereocenters. The molecule has 0 bridgehead atoms. The Morgan fingerprint density at radius 1 is 1.38 bits per heavy atom. The fourth-order valence-corrected chi connectivity index (χ4v) is 0.809. The predicted octanol–water partition coefficient (Wildman–Crippen LogP) is 0.823. The zero-order valence-electron chi connectivity index (χ0n) is 8.60. The lowest BCUT2D eigenvalue weighted by Crippen LogP contribution is -2.42. The Labute approximate surface area is 80.3 Å². The minimum Gasteiger partial charge on any atom is -0.338 e. The summed E-state index contributed by atoms with van der Waals surface area (Å²) < 4.78 is 0. The molecule has 13 heavy (non-hydrogen) atoms. The van der Waals surface area contributed by atoms with E-state index in [1.54, 1.807) is 0 Å². The SMILES string of the molecule is CCCCNC(=O)NCC(N)CC. The Kier molecular flexibility index (Phi) is 7.39. The summed E-state index contributed by atoms with van der Waals surface area (Å²) >= 11 is 0. The van der Waals surface area contributed by atoms with Crippen molar-refractivity contribution in [3.05, 3.63) is 0 Å². The van der Waals surface area contributed by atoms with Crippen molar-refractivity contribution in [3.63, 3.8) is 0 Å². The van der Waals surface area contributed by atoms with Crippen LogP contribution in [0.2, 0.25) is 0 Å². The number of unbranched alkanes of at least 4 members (excludes halogenated alkanes) is 1. The lowest BCUT2D eigenvalue weighted by atomic mass is 10.2. The number of amides is 2. The third kappa shape index (κ3) is 7.59. The summed E-state index contributed by atoms with van der Waals surface area (Å²) in [6.45, 7) is 5.38. The first kappa shape index (κ1) is 12.2. The Hall–Kier alpha value is -0.770. The lowest BCUT2D eigenvalue weighted by molar-refractivity contribution is 0.240. The number of hydrogen-bond donors (Lipinski definition) is 3. The standard InChI is InChI=1S/C9H21N3O/c1-3-5-6-11-9(13)12-7-8(10)4-2/h8H,3-7,10H2,1-2H3,(H2,11,12,13). The second-order valence-electron chi connectivity index (χ2n) is 3.16. The number of rotatable bonds is 6. The van der Waals surface area contributed by atoms with Crippen molar-refractivity contribution < 1.29 is 4.79 Å². The zero-order valence-corrected chi connectivity index (χ0v) is 8.60. The molecule has 0 saturated heterocycles. The highest BCUT2D eigenvalue weighted by Gasteiger charge is 2.01. The molecular weight excluding hydrogens is 166 g/mol. The van der Waals surface area contributed by atoms with Gasteiger partial charge in [0.05, 0.1) is 0 Å². The first-order chi connectivity index (χ1) is 6.20. The van der Waals surface area contributed by atoms with E-state index in [0.717, 1.165) is 25.8 Å². The van der Waals surface area contributed by atoms with Crippen LogP contribution in [0.1, 0.15) is 33.1 Å². The molecule has 0 spiro atoms. The summed E-state index contributed by atoms with van der Waals surface area (Å²) in [6, 6.07) is -0.0470. The highest BCUT2D eigenvalue weighted by molar-refractivity contribution is 5.73. The van der Waals surface area contributed by atoms with Crippen LogP contribution in [0.4, 0.5) is 4.79 Å². The van der Waals surface area contributed by atoms with Gasteiger partial charge in [-0.15, -0.1) is 0 Å². The average molecular weight is 187 g/mol. The molecule has 4 heteroatoms. The third-order valence-electron chi connectivity index (χ3n) is 1.87. The van der Waals surface area contributed by atoms with Gasteiger partial charge in [0.2, 0.25) is 0 Å². The van der Waals surface area contributed by atoms with Crippen LogP contribution in [-0.2, 0) is 0 Å². The van der Waals surface area contributed by atoms with Crippen LogP contribution in [0.25, 0.3) is 0 Å². The number of carbonyl (C=O) groups is 1. The van der Waals surface area contributed by atoms with E-state index in [0.29, 0.717) is 6.54 Å². The number of carbonyl (C=O) groups excluding carboxylic acids is 1. The van der Waals surface area contributed by atoms with Gasteiger partial charge in [0.15, 0.2) is 0 Å². The summed E-state index contributed by atoms with van der Waals surface area (Å²) in [5, 5.41) is 5.47. The van der Waals surface area contributed by atoms with E-state index >= 15 is 0 Å². The van der Waals surface area contributed by atoms with Gasteiger partial charge in [-0.3, -0.25) is 0 Å². The van der Waals surface area contributed by atoms with Crippen LogP contribution >= 0.6 is 0 Å². The highest BCUT2D eigenvalue weighted by atomic mass is 16.2. The molecule has 1 unspecified atom stereocenters. The van der Waals surface area contributed by atoms with Gasteiger partial charge in [-0.1, -0.05) is 20.3 Å². The van der Waals surface area contributed by atoms with Gasteiger partial charge in [0, 0.05) is 19.1 Å². The molecule has 4 nitrogen and oxygen atoms in total. The molecule has 2 amide bonds. The summed E-state index contributed by atoms with van der Waals surface area (Å²) in [4.78, 5) is 11.1. The normalized spacial score (nSPS) is 12.2. The van der Waals surface area contributed by atoms with Crippen LogP contribution in [0.5, 0.6) is 0 Å². The monoisotopic (exact) mass is 187 g/mol. The lowest BCUT2D eigenvalue weighted by Gasteiger charge is -2.10. The van der Waals surface area contributed by atoms with Crippen LogP contribution in [0.15, 0.2) is 0 Å². The van der Waals surface area contributed by atoms with E-state index < -0.39 is 0 Å². The zero-order chi connectivity index (χ0) is 10.1. The Morgan fingerprint density at radius 3 is 2.62 bits per heavy atom. The predicted molar refractivity (Wildman–Crippen MR) is 54.6 cm³/mol. The van der Waals surface area contributed by atoms with E-state index in [2.05, 4.69) is 17.6 Å². The summed E-state index contributed by atoms with van der Waals surface area (Å²) in [5.74, 6) is 0. The van der Waals surface area contributed by atoms with Crippen molar-refractivity contribution in [2.24, 2.45) is 5.73 Å². The number of nitrogens with two attached hydrogens (primary N) is 1. The molecule has 0 fully saturated rings. The van der Waals surface area contributed by atoms with E-state index in [4.69, 9.17) is 5.73 Å². The first-order valence-corrected chi connectivity index (χ1v) is 4.98. The third-order valence-corrected chi connectivity index (χ3v) is 1.87. The Bertz CT molecular complexity index is 139. The minimum absolute atomic E-state index is 0.0666. The van der Waals surface area contributed by atoms with Crippen LogP contribution in [0.3, 0.4) is 0 Å². The number of hydrogen-bond acceptors (Lipinski definition) is 2. The number of urea groups is 1. The number of nitrogens with one attached hydrogen (secondary N) is 2. The van der Waals surface area contributed by atoms with Crippen LogP contribution in [0, 0.1) is 0 Å². The van der Waals surface area contributed by atoms with E-state index in [9.17, 15) is 4.79 Å². The maximum Gasteiger partial charge on any atom is 0.314 e. The molecule has 0 heterocycles. The molecule has 78 valence electrons. The fourth-order valence-electron chi connectivity index (χ4n) is 0.809. The van der Waals surface area contributed by atoms with Gasteiger partial charge in [-0.05, 0) is 12.8 Å². The molecular formula is C9H21N3O. The van der Waals surface area contributed by atoms with Crippen molar-refractivity contribution in [1.82, 2.24) is 10.6 Å². The molecule has 0 aromatic heterocycles. The maximum absolute atomic E-state index is 11.1. The van der Waals surface area contributed by atoms with E-state index in [1.165, 1.54) is 0 Å². The molecule has 0 aliphatic carbocycles. The molecule has 0 radical (unpaired) electrons. The summed E-state index contributed by atoms with van der Waals surface area (Å²) in [5.41, 5.74) is 5.63. The minimum atomic E-state index is -0.114. The second-order valence-corrected chi connectivity index (χ2v) is 3.16. The average Bonchev–Trinajstić information content (AvgIpc) is 2.14. The molecule has 0 aliphatic heterocycles. The molecule has 0 aromatic carbocycles. The molecule has 0 rings (SSSR count). The summed E-state index contributed by atoms with van der Waals surface area (Å²) in [7, 11) is 0. The second kappa shape index (κ2) is 7.86. The van der Waals surface area contributed by atoms with Crippen molar-refractivity contribution >= 4 is 6.03 Å². The quantitative estimate of drug-likeness (QED) is 0.539. The van der Waals surface area contributed by atoms with Gasteiger partial charge >= 0.3 is 6.03 Å². The fraction of sp³-hybridized carbons (Fsp3) is 0.889. The van der Waals surface area contributed by atoms with Gasteiger partial charge in [0.1, 0.15) is 0 Å². The molecule has 4 N–H and O–H groups in total. The first-order valence-electron chi connectivity index (χ1n) is 4.98. The van der Waals surface area contributed by atoms with E-state index in [1.807, 2.05) is 6.92 Å². The smallest absolute Gasteiger partial charge is 0.314 e. The Morgan fingerprint density at radius 2 is 2.08 bits per heavy atom. The highest BCUT2D eigenvalue weighted by Crippen LogP contribution is 1.84. The molecule has 0 aromatic rings. The van der Waals surface area contributed by atoms with Gasteiger partial charge in [-0.25, -0.2) is 4.79 Å². The van der Waals surface area contributed by atoms with Gasteiger partial charge in [0.25, 0.3) is 0 Å². The van der Waals surface area contributed by atoms with Crippen molar-refractivity contribution in [2.75, 3.05) is 13.1 Å². The van der Waals surface area contributed by atoms with Crippen LogP contribution in [-0.4, -0.2) is 25.2 Å². The van der Waals surface area contributed by atoms with E-state index in [-0.39, 0.29) is 12.1 Å². The Balaban J connectivity index is 3.30. The summed E-state index contributed by atoms with van der Waals surface area (Å²) in [6.07, 6.45) is 3.00. The molecule has 0 saturated carbocycles. The van der Waals surface area contributed by atoms with Crippen molar-refractivity contribution in [3.8, 4) is 0 Å². The topological polar surface area (TPSA) is 67.2 Å². The van der Waals surface area contributed by atoms with Crippen molar-refractivity contribution in [1.29, 1.82) is 0 Å². The maximum atomic E-state index is 11.1.